The summed E-state index contributed by atoms with van der Waals surface area (Å²) in [7, 11) is 0. The van der Waals surface area contributed by atoms with Gasteiger partial charge in [0.1, 0.15) is 12.4 Å². The van der Waals surface area contributed by atoms with Gasteiger partial charge in [-0.3, -0.25) is 25.2 Å². The number of phenols is 1. The molecule has 0 saturated heterocycles. The van der Waals surface area contributed by atoms with E-state index in [0.717, 1.165) is 35.4 Å². The van der Waals surface area contributed by atoms with Crippen molar-refractivity contribution in [3.8, 4) is 5.75 Å². The Bertz CT molecular complexity index is 1620. The largest absolute Gasteiger partial charge is 0.508 e. The van der Waals surface area contributed by atoms with Crippen LogP contribution in [0.3, 0.4) is 0 Å². The SMILES string of the molecule is O=C(O)c1cc(O)ccc1CONc1ccc(Cc2ccc(NC(=O)c3cc([N+](=O)[O-])ccc3C(=O)O)cc2)cc1. The molecule has 208 valence electrons. The van der Waals surface area contributed by atoms with Gasteiger partial charge in [0.15, 0.2) is 0 Å². The van der Waals surface area contributed by atoms with Crippen LogP contribution in [0.25, 0.3) is 0 Å². The number of carboxylic acid groups (broad SMARTS) is 2. The first-order valence-corrected chi connectivity index (χ1v) is 12.0. The van der Waals surface area contributed by atoms with E-state index in [1.54, 1.807) is 36.4 Å². The number of carbonyl (C=O) groups is 3. The Balaban J connectivity index is 1.33. The number of benzene rings is 4. The van der Waals surface area contributed by atoms with E-state index in [1.165, 1.54) is 12.1 Å². The number of nitro groups is 1. The predicted octanol–water partition coefficient (Wildman–Crippen LogP) is 5.08. The fourth-order valence-corrected chi connectivity index (χ4v) is 3.94. The summed E-state index contributed by atoms with van der Waals surface area (Å²) in [5.74, 6) is -3.48. The Labute approximate surface area is 232 Å². The first-order valence-electron chi connectivity index (χ1n) is 12.0. The van der Waals surface area contributed by atoms with Gasteiger partial charge in [-0.2, -0.15) is 0 Å². The van der Waals surface area contributed by atoms with Crippen LogP contribution in [0.15, 0.2) is 84.9 Å². The van der Waals surface area contributed by atoms with Crippen molar-refractivity contribution in [3.05, 3.63) is 128 Å². The van der Waals surface area contributed by atoms with Crippen LogP contribution in [0, 0.1) is 10.1 Å². The molecule has 12 heteroatoms. The molecule has 0 aliphatic rings. The maximum absolute atomic E-state index is 12.7. The van der Waals surface area contributed by atoms with Crippen LogP contribution in [0.1, 0.15) is 47.8 Å². The fraction of sp³-hybridized carbons (Fsp3) is 0.0690. The van der Waals surface area contributed by atoms with Crippen LogP contribution in [0.5, 0.6) is 5.75 Å². The highest BCUT2D eigenvalue weighted by Crippen LogP contribution is 2.22. The van der Waals surface area contributed by atoms with Gasteiger partial charge in [-0.1, -0.05) is 30.3 Å². The van der Waals surface area contributed by atoms with Gasteiger partial charge in [-0.05, 0) is 65.6 Å². The number of nitrogens with one attached hydrogen (secondary N) is 2. The summed E-state index contributed by atoms with van der Waals surface area (Å²) >= 11 is 0. The summed E-state index contributed by atoms with van der Waals surface area (Å²) in [6.07, 6.45) is 0.568. The molecule has 12 nitrogen and oxygen atoms in total. The molecular formula is C29H23N3O9. The lowest BCUT2D eigenvalue weighted by Gasteiger charge is -2.11. The molecule has 0 bridgehead atoms. The lowest BCUT2D eigenvalue weighted by Crippen LogP contribution is -2.16. The highest BCUT2D eigenvalue weighted by Gasteiger charge is 2.21. The number of nitro benzene ring substituents is 1. The number of phenolic OH excluding ortho intramolecular Hbond substituents is 1. The molecule has 0 atom stereocenters. The zero-order valence-corrected chi connectivity index (χ0v) is 21.2. The van der Waals surface area contributed by atoms with Crippen molar-refractivity contribution >= 4 is 34.9 Å². The van der Waals surface area contributed by atoms with Gasteiger partial charge in [-0.15, -0.1) is 0 Å². The van der Waals surface area contributed by atoms with Crippen LogP contribution < -0.4 is 10.8 Å². The van der Waals surface area contributed by atoms with Crippen LogP contribution in [0.2, 0.25) is 0 Å². The second-order valence-corrected chi connectivity index (χ2v) is 8.85. The van der Waals surface area contributed by atoms with E-state index >= 15 is 0 Å². The van der Waals surface area contributed by atoms with Gasteiger partial charge in [0.2, 0.25) is 0 Å². The molecular weight excluding hydrogens is 534 g/mol. The number of hydrogen-bond acceptors (Lipinski definition) is 8. The number of nitrogens with zero attached hydrogens (tertiary/aromatic N) is 1. The lowest BCUT2D eigenvalue weighted by atomic mass is 10.0. The van der Waals surface area contributed by atoms with Crippen LogP contribution in [-0.2, 0) is 17.9 Å². The maximum atomic E-state index is 12.7. The summed E-state index contributed by atoms with van der Waals surface area (Å²) < 4.78 is 0. The minimum atomic E-state index is -1.38. The third kappa shape index (κ3) is 7.22. The van der Waals surface area contributed by atoms with Crippen molar-refractivity contribution < 1.29 is 39.5 Å². The van der Waals surface area contributed by atoms with Gasteiger partial charge < -0.3 is 20.6 Å². The standard InChI is InChI=1S/C29H23N3O9/c33-23-11-5-19(25(15-23)29(37)38)16-41-31-21-8-3-18(4-9-21)13-17-1-6-20(7-2-17)30-27(34)26-14-22(32(39)40)10-12-24(26)28(35)36/h1-12,14-15,31,33H,13,16H2,(H,30,34)(H,35,36)(H,37,38). The quantitative estimate of drug-likeness (QED) is 0.123. The Morgan fingerprint density at radius 2 is 1.37 bits per heavy atom. The molecule has 0 aliphatic carbocycles. The molecule has 4 aromatic carbocycles. The summed E-state index contributed by atoms with van der Waals surface area (Å²) in [6, 6.07) is 21.2. The Kier molecular flexibility index (Phi) is 8.55. The van der Waals surface area contributed by atoms with Gasteiger partial charge in [0, 0.05) is 17.8 Å². The first kappa shape index (κ1) is 28.3. The van der Waals surface area contributed by atoms with Crippen molar-refractivity contribution in [1.82, 2.24) is 0 Å². The van der Waals surface area contributed by atoms with E-state index < -0.39 is 28.5 Å². The number of rotatable bonds is 11. The molecule has 0 saturated carbocycles. The minimum absolute atomic E-state index is 0.0364. The molecule has 0 spiro atoms. The van der Waals surface area contributed by atoms with E-state index in [1.807, 2.05) is 12.1 Å². The molecule has 0 aliphatic heterocycles. The van der Waals surface area contributed by atoms with Gasteiger partial charge in [-0.25, -0.2) is 9.59 Å². The Hall–Kier alpha value is -5.75. The smallest absolute Gasteiger partial charge is 0.336 e. The molecule has 1 amide bonds. The van der Waals surface area contributed by atoms with Crippen molar-refractivity contribution in [1.29, 1.82) is 0 Å². The molecule has 0 aromatic heterocycles. The first-order chi connectivity index (χ1) is 19.6. The number of aromatic carboxylic acids is 2. The van der Waals surface area contributed by atoms with Crippen molar-refractivity contribution in [2.75, 3.05) is 10.8 Å². The summed E-state index contributed by atoms with van der Waals surface area (Å²) in [6.45, 7) is -0.0364. The minimum Gasteiger partial charge on any atom is -0.508 e. The molecule has 0 unspecified atom stereocenters. The number of hydrogen-bond donors (Lipinski definition) is 5. The monoisotopic (exact) mass is 557 g/mol. The highest BCUT2D eigenvalue weighted by molar-refractivity contribution is 6.11. The maximum Gasteiger partial charge on any atom is 0.336 e. The molecule has 0 heterocycles. The average molecular weight is 558 g/mol. The van der Waals surface area contributed by atoms with Crippen LogP contribution >= 0.6 is 0 Å². The molecule has 41 heavy (non-hydrogen) atoms. The van der Waals surface area contributed by atoms with Crippen molar-refractivity contribution in [3.63, 3.8) is 0 Å². The van der Waals surface area contributed by atoms with Gasteiger partial charge in [0.25, 0.3) is 11.6 Å². The number of non-ortho nitro benzene ring substituents is 1. The van der Waals surface area contributed by atoms with Crippen LogP contribution in [0.4, 0.5) is 17.1 Å². The zero-order chi connectivity index (χ0) is 29.5. The molecule has 4 rings (SSSR count). The number of aromatic hydroxyl groups is 1. The number of carbonyl (C=O) groups excluding carboxylic acids is 1. The Morgan fingerprint density at radius 1 is 0.756 bits per heavy atom. The molecule has 0 fully saturated rings. The molecule has 5 N–H and O–H groups in total. The normalized spacial score (nSPS) is 10.5. The van der Waals surface area contributed by atoms with E-state index in [0.29, 0.717) is 23.4 Å². The second kappa shape index (κ2) is 12.4. The summed E-state index contributed by atoms with van der Waals surface area (Å²) in [5, 5.41) is 41.7. The lowest BCUT2D eigenvalue weighted by molar-refractivity contribution is -0.384. The topological polar surface area (TPSA) is 188 Å². The second-order valence-electron chi connectivity index (χ2n) is 8.85. The molecule has 4 aromatic rings. The highest BCUT2D eigenvalue weighted by atomic mass is 16.6. The third-order valence-corrected chi connectivity index (χ3v) is 6.00. The number of carboxylic acids is 2. The third-order valence-electron chi connectivity index (χ3n) is 6.00. The van der Waals surface area contributed by atoms with E-state index in [4.69, 9.17) is 4.84 Å². The predicted molar refractivity (Wildman–Crippen MR) is 147 cm³/mol. The van der Waals surface area contributed by atoms with Crippen molar-refractivity contribution in [2.45, 2.75) is 13.0 Å². The number of amides is 1. The van der Waals surface area contributed by atoms with Crippen LogP contribution in [-0.4, -0.2) is 38.1 Å². The van der Waals surface area contributed by atoms with Gasteiger partial charge >= 0.3 is 11.9 Å². The van der Waals surface area contributed by atoms with Crippen molar-refractivity contribution in [2.24, 2.45) is 0 Å². The Morgan fingerprint density at radius 3 is 1.95 bits per heavy atom. The van der Waals surface area contributed by atoms with Gasteiger partial charge in [0.05, 0.1) is 27.3 Å². The van der Waals surface area contributed by atoms with E-state index in [2.05, 4.69) is 10.8 Å². The fourth-order valence-electron chi connectivity index (χ4n) is 3.94. The van der Waals surface area contributed by atoms with E-state index in [9.17, 15) is 39.8 Å². The summed E-state index contributed by atoms with van der Waals surface area (Å²) in [4.78, 5) is 51.3. The van der Waals surface area contributed by atoms with E-state index in [-0.39, 0.29) is 29.0 Å². The molecule has 0 radical (unpaired) electrons. The summed E-state index contributed by atoms with van der Waals surface area (Å²) in [5.41, 5.74) is 4.96. The average Bonchev–Trinajstić information content (AvgIpc) is 2.95. The zero-order valence-electron chi connectivity index (χ0n) is 21.2. The number of anilines is 2.